The van der Waals surface area contributed by atoms with Crippen molar-refractivity contribution in [2.24, 2.45) is 4.99 Å². The number of thiazole rings is 1. The smallest absolute Gasteiger partial charge is 0.279 e. The molecule has 0 N–H and O–H groups in total. The number of nitrogens with zero attached hydrogens (tertiary/aromatic N) is 3. The van der Waals surface area contributed by atoms with Gasteiger partial charge in [-0.25, -0.2) is 12.8 Å². The molecule has 1 fully saturated rings. The maximum atomic E-state index is 13.7. The van der Waals surface area contributed by atoms with Gasteiger partial charge < -0.3 is 14.0 Å². The van der Waals surface area contributed by atoms with E-state index in [1.54, 1.807) is 6.07 Å². The van der Waals surface area contributed by atoms with Gasteiger partial charge in [-0.2, -0.15) is 9.30 Å². The van der Waals surface area contributed by atoms with Gasteiger partial charge >= 0.3 is 0 Å². The lowest BCUT2D eigenvalue weighted by molar-refractivity contribution is 0.0730. The Bertz CT molecular complexity index is 1310. The van der Waals surface area contributed by atoms with Gasteiger partial charge in [-0.1, -0.05) is 11.3 Å². The van der Waals surface area contributed by atoms with E-state index in [1.165, 1.54) is 52.0 Å². The van der Waals surface area contributed by atoms with Crippen molar-refractivity contribution in [2.45, 2.75) is 18.4 Å². The molecular weight excluding hydrogens is 469 g/mol. The highest BCUT2D eigenvalue weighted by atomic mass is 32.2. The quantitative estimate of drug-likeness (QED) is 0.472. The van der Waals surface area contributed by atoms with Crippen molar-refractivity contribution in [3.8, 4) is 0 Å². The fourth-order valence-electron chi connectivity index (χ4n) is 3.51. The molecule has 8 nitrogen and oxygen atoms in total. The monoisotopic (exact) mass is 493 g/mol. The van der Waals surface area contributed by atoms with E-state index in [1.807, 2.05) is 11.5 Å². The van der Waals surface area contributed by atoms with Gasteiger partial charge in [0.1, 0.15) is 5.82 Å². The molecule has 0 spiro atoms. The highest BCUT2D eigenvalue weighted by Gasteiger charge is 2.26. The second kappa shape index (κ2) is 10.2. The van der Waals surface area contributed by atoms with E-state index in [9.17, 15) is 17.6 Å². The molecule has 33 heavy (non-hydrogen) atoms. The van der Waals surface area contributed by atoms with Crippen LogP contribution in [0.4, 0.5) is 4.39 Å². The Labute approximate surface area is 194 Å². The number of hydrogen-bond donors (Lipinski definition) is 0. The number of halogens is 1. The summed E-state index contributed by atoms with van der Waals surface area (Å²) in [5.74, 6) is -0.877. The summed E-state index contributed by atoms with van der Waals surface area (Å²) in [6.45, 7) is 4.65. The normalized spacial score (nSPS) is 15.9. The minimum absolute atomic E-state index is 0.116. The van der Waals surface area contributed by atoms with Crippen LogP contribution in [0, 0.1) is 5.82 Å². The van der Waals surface area contributed by atoms with Gasteiger partial charge in [0.25, 0.3) is 5.91 Å². The average Bonchev–Trinajstić information content (AvgIpc) is 3.15. The Morgan fingerprint density at radius 1 is 1.18 bits per heavy atom. The van der Waals surface area contributed by atoms with E-state index in [0.29, 0.717) is 55.6 Å². The zero-order chi connectivity index (χ0) is 23.4. The molecule has 2 aromatic carbocycles. The van der Waals surface area contributed by atoms with Crippen molar-refractivity contribution in [2.75, 3.05) is 39.5 Å². The lowest BCUT2D eigenvalue weighted by Gasteiger charge is -2.26. The van der Waals surface area contributed by atoms with Gasteiger partial charge in [0, 0.05) is 31.8 Å². The molecule has 0 atom stereocenters. The largest absolute Gasteiger partial charge is 0.380 e. The predicted octanol–water partition coefficient (Wildman–Crippen LogP) is 2.64. The van der Waals surface area contributed by atoms with Crippen LogP contribution in [0.3, 0.4) is 0 Å². The summed E-state index contributed by atoms with van der Waals surface area (Å²) in [4.78, 5) is 17.6. The number of carbonyl (C=O) groups excluding carboxylic acids is 1. The first-order valence-electron chi connectivity index (χ1n) is 10.5. The van der Waals surface area contributed by atoms with Crippen LogP contribution in [0.15, 0.2) is 52.4 Å². The summed E-state index contributed by atoms with van der Waals surface area (Å²) in [6, 6.07) is 10.2. The Kier molecular flexibility index (Phi) is 7.35. The number of aromatic nitrogens is 1. The van der Waals surface area contributed by atoms with Crippen LogP contribution in [0.25, 0.3) is 10.2 Å². The molecular formula is C22H24FN3O5S2. The van der Waals surface area contributed by atoms with Crippen LogP contribution < -0.4 is 4.80 Å². The van der Waals surface area contributed by atoms with Gasteiger partial charge in [0.05, 0.1) is 34.9 Å². The minimum atomic E-state index is -3.64. The molecule has 2 heterocycles. The first-order valence-corrected chi connectivity index (χ1v) is 12.8. The average molecular weight is 494 g/mol. The number of carbonyl (C=O) groups is 1. The highest BCUT2D eigenvalue weighted by molar-refractivity contribution is 7.89. The fraction of sp³-hybridized carbons (Fsp3) is 0.364. The summed E-state index contributed by atoms with van der Waals surface area (Å²) >= 11 is 1.21. The molecule has 0 aliphatic carbocycles. The van der Waals surface area contributed by atoms with Crippen molar-refractivity contribution < 1.29 is 27.1 Å². The lowest BCUT2D eigenvalue weighted by Crippen LogP contribution is -2.40. The topological polar surface area (TPSA) is 90.2 Å². The number of sulfonamides is 1. The third kappa shape index (κ3) is 5.22. The van der Waals surface area contributed by atoms with E-state index in [4.69, 9.17) is 9.47 Å². The van der Waals surface area contributed by atoms with Crippen molar-refractivity contribution in [1.82, 2.24) is 8.87 Å². The van der Waals surface area contributed by atoms with Gasteiger partial charge in [-0.15, -0.1) is 0 Å². The molecule has 3 aromatic rings. The Morgan fingerprint density at radius 3 is 2.61 bits per heavy atom. The third-order valence-corrected chi connectivity index (χ3v) is 8.17. The van der Waals surface area contributed by atoms with Gasteiger partial charge in [-0.3, -0.25) is 4.79 Å². The van der Waals surface area contributed by atoms with Crippen molar-refractivity contribution in [3.63, 3.8) is 0 Å². The highest BCUT2D eigenvalue weighted by Crippen LogP contribution is 2.20. The number of morpholine rings is 1. The van der Waals surface area contributed by atoms with Gasteiger partial charge in [-0.05, 0) is 49.4 Å². The van der Waals surface area contributed by atoms with E-state index >= 15 is 0 Å². The standard InChI is InChI=1S/C22H24FN3O5S2/c1-2-30-14-11-26-19-8-5-17(23)15-20(19)32-22(26)24-21(27)16-3-6-18(7-4-16)33(28,29)25-9-12-31-13-10-25/h3-8,15H,2,9-14H2,1H3. The summed E-state index contributed by atoms with van der Waals surface area (Å²) in [5, 5.41) is 0. The van der Waals surface area contributed by atoms with E-state index in [2.05, 4.69) is 4.99 Å². The minimum Gasteiger partial charge on any atom is -0.380 e. The maximum Gasteiger partial charge on any atom is 0.279 e. The molecule has 1 aliphatic rings. The number of rotatable bonds is 7. The van der Waals surface area contributed by atoms with E-state index in [-0.39, 0.29) is 16.3 Å². The second-order valence-electron chi connectivity index (χ2n) is 7.30. The molecule has 1 aliphatic heterocycles. The zero-order valence-electron chi connectivity index (χ0n) is 18.1. The van der Waals surface area contributed by atoms with E-state index in [0.717, 1.165) is 5.52 Å². The summed E-state index contributed by atoms with van der Waals surface area (Å²) in [7, 11) is -3.64. The SMILES string of the molecule is CCOCCn1c(=NC(=O)c2ccc(S(=O)(=O)N3CCOCC3)cc2)sc2cc(F)ccc21. The molecule has 11 heteroatoms. The number of fused-ring (bicyclic) bond motifs is 1. The second-order valence-corrected chi connectivity index (χ2v) is 10.3. The fourth-order valence-corrected chi connectivity index (χ4v) is 5.99. The van der Waals surface area contributed by atoms with Crippen molar-refractivity contribution in [3.05, 3.63) is 58.6 Å². The molecule has 4 rings (SSSR count). The van der Waals surface area contributed by atoms with Crippen molar-refractivity contribution in [1.29, 1.82) is 0 Å². The van der Waals surface area contributed by atoms with Crippen LogP contribution in [0.1, 0.15) is 17.3 Å². The Balaban J connectivity index is 1.63. The Hall–Kier alpha value is -2.44. The van der Waals surface area contributed by atoms with Gasteiger partial charge in [0.2, 0.25) is 10.0 Å². The maximum absolute atomic E-state index is 13.7. The van der Waals surface area contributed by atoms with Crippen LogP contribution in [-0.2, 0) is 26.0 Å². The zero-order valence-corrected chi connectivity index (χ0v) is 19.7. The summed E-state index contributed by atoms with van der Waals surface area (Å²) in [6.07, 6.45) is 0. The molecule has 1 amide bonds. The predicted molar refractivity (Wildman–Crippen MR) is 122 cm³/mol. The third-order valence-electron chi connectivity index (χ3n) is 5.21. The first kappa shape index (κ1) is 23.7. The van der Waals surface area contributed by atoms with Crippen LogP contribution in [0.5, 0.6) is 0 Å². The van der Waals surface area contributed by atoms with Crippen LogP contribution >= 0.6 is 11.3 Å². The number of ether oxygens (including phenoxy) is 2. The summed E-state index contributed by atoms with van der Waals surface area (Å²) in [5.41, 5.74) is 1.02. The molecule has 0 bridgehead atoms. The van der Waals surface area contributed by atoms with E-state index < -0.39 is 15.9 Å². The lowest BCUT2D eigenvalue weighted by atomic mass is 10.2. The van der Waals surface area contributed by atoms with Gasteiger partial charge in [0.15, 0.2) is 4.80 Å². The van der Waals surface area contributed by atoms with Crippen molar-refractivity contribution >= 4 is 37.5 Å². The van der Waals surface area contributed by atoms with Crippen LogP contribution in [-0.4, -0.2) is 62.7 Å². The Morgan fingerprint density at radius 2 is 1.91 bits per heavy atom. The first-order chi connectivity index (χ1) is 15.9. The molecule has 0 saturated carbocycles. The molecule has 0 radical (unpaired) electrons. The molecule has 1 aromatic heterocycles. The molecule has 0 unspecified atom stereocenters. The summed E-state index contributed by atoms with van der Waals surface area (Å²) < 4.78 is 53.8. The molecule has 1 saturated heterocycles. The molecule has 176 valence electrons. The van der Waals surface area contributed by atoms with Crippen LogP contribution in [0.2, 0.25) is 0 Å². The number of amides is 1. The number of hydrogen-bond acceptors (Lipinski definition) is 6. The number of benzene rings is 2.